The van der Waals surface area contributed by atoms with Crippen molar-refractivity contribution in [3.63, 3.8) is 0 Å². The number of rotatable bonds is 4. The Balaban J connectivity index is 1.66. The van der Waals surface area contributed by atoms with Crippen molar-refractivity contribution in [2.45, 2.75) is 13.8 Å². The zero-order valence-corrected chi connectivity index (χ0v) is 18.3. The van der Waals surface area contributed by atoms with Gasteiger partial charge in [-0.3, -0.25) is 4.79 Å². The van der Waals surface area contributed by atoms with Crippen LogP contribution < -0.4 is 5.32 Å². The number of fused-ring (bicyclic) bond motifs is 1. The summed E-state index contributed by atoms with van der Waals surface area (Å²) < 4.78 is 0. The van der Waals surface area contributed by atoms with E-state index in [4.69, 9.17) is 0 Å². The SMILES string of the molecule is Cc1[nH]c(/C=C2\C(=O)Nc3cccc(-c4cccc(-c5ccccc5)c4)c32)c(C)c1C(=O)O. The van der Waals surface area contributed by atoms with Crippen molar-refractivity contribution in [2.24, 2.45) is 0 Å². The van der Waals surface area contributed by atoms with Gasteiger partial charge in [0.2, 0.25) is 0 Å². The first-order valence-electron chi connectivity index (χ1n) is 10.7. The molecule has 162 valence electrons. The Morgan fingerprint density at radius 3 is 2.30 bits per heavy atom. The van der Waals surface area contributed by atoms with Crippen LogP contribution in [0.15, 0.2) is 72.8 Å². The molecule has 0 radical (unpaired) electrons. The average Bonchev–Trinajstić information content (AvgIpc) is 3.29. The van der Waals surface area contributed by atoms with E-state index < -0.39 is 5.97 Å². The summed E-state index contributed by atoms with van der Waals surface area (Å²) in [6.07, 6.45) is 1.75. The number of benzene rings is 3. The van der Waals surface area contributed by atoms with Gasteiger partial charge in [-0.15, -0.1) is 0 Å². The smallest absolute Gasteiger partial charge is 0.337 e. The van der Waals surface area contributed by atoms with Gasteiger partial charge >= 0.3 is 5.97 Å². The Morgan fingerprint density at radius 2 is 1.58 bits per heavy atom. The molecule has 3 aromatic carbocycles. The quantitative estimate of drug-likeness (QED) is 0.337. The molecule has 0 unspecified atom stereocenters. The fraction of sp³-hybridized carbons (Fsp3) is 0.0714. The van der Waals surface area contributed by atoms with Crippen LogP contribution in [0.4, 0.5) is 5.69 Å². The van der Waals surface area contributed by atoms with Crippen LogP contribution in [0.25, 0.3) is 33.9 Å². The molecule has 33 heavy (non-hydrogen) atoms. The molecule has 5 rings (SSSR count). The van der Waals surface area contributed by atoms with Crippen LogP contribution in [-0.4, -0.2) is 22.0 Å². The van der Waals surface area contributed by atoms with Gasteiger partial charge in [-0.2, -0.15) is 0 Å². The standard InChI is InChI=1S/C28H22N2O3/c1-16-24(29-17(2)25(16)28(32)33)15-22-26-21(12-7-13-23(26)30-27(22)31)20-11-6-10-19(14-20)18-8-4-3-5-9-18/h3-15,29H,1-2H3,(H,30,31)(H,32,33)/b22-15-. The lowest BCUT2D eigenvalue weighted by Gasteiger charge is -2.11. The van der Waals surface area contributed by atoms with Crippen LogP contribution in [-0.2, 0) is 4.79 Å². The van der Waals surface area contributed by atoms with Gasteiger partial charge in [-0.25, -0.2) is 4.79 Å². The second kappa shape index (κ2) is 7.95. The molecule has 0 aliphatic carbocycles. The summed E-state index contributed by atoms with van der Waals surface area (Å²) in [5.41, 5.74) is 8.25. The second-order valence-electron chi connectivity index (χ2n) is 8.16. The predicted molar refractivity (Wildman–Crippen MR) is 131 cm³/mol. The van der Waals surface area contributed by atoms with E-state index in [0.717, 1.165) is 33.5 Å². The number of aromatic amines is 1. The minimum absolute atomic E-state index is 0.208. The van der Waals surface area contributed by atoms with Crippen molar-refractivity contribution in [1.82, 2.24) is 4.98 Å². The minimum Gasteiger partial charge on any atom is -0.478 e. The number of hydrogen-bond acceptors (Lipinski definition) is 2. The molecule has 0 saturated carbocycles. The molecule has 1 aromatic heterocycles. The molecule has 0 fully saturated rings. The van der Waals surface area contributed by atoms with Crippen molar-refractivity contribution in [1.29, 1.82) is 0 Å². The highest BCUT2D eigenvalue weighted by Gasteiger charge is 2.28. The van der Waals surface area contributed by atoms with E-state index in [1.54, 1.807) is 19.9 Å². The Kier molecular flexibility index (Phi) is 4.94. The number of amides is 1. The maximum atomic E-state index is 12.9. The van der Waals surface area contributed by atoms with Gasteiger partial charge in [0.05, 0.1) is 11.1 Å². The second-order valence-corrected chi connectivity index (χ2v) is 8.16. The molecule has 0 bridgehead atoms. The number of nitrogens with one attached hydrogen (secondary N) is 2. The summed E-state index contributed by atoms with van der Waals surface area (Å²) >= 11 is 0. The molecule has 2 heterocycles. The summed E-state index contributed by atoms with van der Waals surface area (Å²) in [5, 5.41) is 12.5. The topological polar surface area (TPSA) is 82.2 Å². The number of carbonyl (C=O) groups is 2. The van der Waals surface area contributed by atoms with Gasteiger partial charge in [0.15, 0.2) is 0 Å². The maximum Gasteiger partial charge on any atom is 0.337 e. The van der Waals surface area contributed by atoms with Crippen LogP contribution in [0, 0.1) is 13.8 Å². The summed E-state index contributed by atoms with van der Waals surface area (Å²) in [4.78, 5) is 27.7. The zero-order valence-electron chi connectivity index (χ0n) is 18.3. The highest BCUT2D eigenvalue weighted by Crippen LogP contribution is 2.41. The Morgan fingerprint density at radius 1 is 0.879 bits per heavy atom. The first-order chi connectivity index (χ1) is 15.9. The Hall–Kier alpha value is -4.38. The van der Waals surface area contributed by atoms with E-state index >= 15 is 0 Å². The molecule has 3 N–H and O–H groups in total. The van der Waals surface area contributed by atoms with Crippen LogP contribution >= 0.6 is 0 Å². The predicted octanol–water partition coefficient (Wildman–Crippen LogP) is 6.16. The van der Waals surface area contributed by atoms with E-state index in [-0.39, 0.29) is 11.5 Å². The van der Waals surface area contributed by atoms with E-state index in [1.807, 2.05) is 48.5 Å². The summed E-state index contributed by atoms with van der Waals surface area (Å²) in [6, 6.07) is 24.2. The lowest BCUT2D eigenvalue weighted by atomic mass is 9.92. The molecule has 0 saturated heterocycles. The largest absolute Gasteiger partial charge is 0.478 e. The fourth-order valence-electron chi connectivity index (χ4n) is 4.51. The van der Waals surface area contributed by atoms with Gasteiger partial charge in [-0.05, 0) is 59.9 Å². The van der Waals surface area contributed by atoms with Crippen molar-refractivity contribution in [3.8, 4) is 22.3 Å². The van der Waals surface area contributed by atoms with Crippen molar-refractivity contribution < 1.29 is 14.7 Å². The molecule has 1 amide bonds. The third-order valence-corrected chi connectivity index (χ3v) is 6.09. The number of anilines is 1. The summed E-state index contributed by atoms with van der Waals surface area (Å²) in [6.45, 7) is 3.48. The Labute approximate surface area is 191 Å². The average molecular weight is 434 g/mol. The van der Waals surface area contributed by atoms with Gasteiger partial charge in [-0.1, -0.05) is 60.7 Å². The van der Waals surface area contributed by atoms with Crippen molar-refractivity contribution in [3.05, 3.63) is 101 Å². The van der Waals surface area contributed by atoms with Gasteiger partial charge in [0.25, 0.3) is 5.91 Å². The van der Waals surface area contributed by atoms with E-state index in [1.165, 1.54) is 0 Å². The number of carboxylic acids is 1. The first-order valence-corrected chi connectivity index (χ1v) is 10.7. The molecule has 1 aliphatic rings. The highest BCUT2D eigenvalue weighted by atomic mass is 16.4. The molecule has 1 aliphatic heterocycles. The number of hydrogen-bond donors (Lipinski definition) is 3. The Bertz CT molecular complexity index is 1450. The van der Waals surface area contributed by atoms with Crippen LogP contribution in [0.1, 0.15) is 32.9 Å². The maximum absolute atomic E-state index is 12.9. The van der Waals surface area contributed by atoms with Crippen molar-refractivity contribution >= 4 is 29.2 Å². The van der Waals surface area contributed by atoms with Crippen molar-refractivity contribution in [2.75, 3.05) is 5.32 Å². The lowest BCUT2D eigenvalue weighted by molar-refractivity contribution is -0.110. The molecule has 0 atom stereocenters. The first kappa shape index (κ1) is 20.5. The fourth-order valence-corrected chi connectivity index (χ4v) is 4.51. The van der Waals surface area contributed by atoms with E-state index in [9.17, 15) is 14.7 Å². The van der Waals surface area contributed by atoms with Gasteiger partial charge in [0.1, 0.15) is 0 Å². The third-order valence-electron chi connectivity index (χ3n) is 6.09. The van der Waals surface area contributed by atoms with Gasteiger partial charge < -0.3 is 15.4 Å². The van der Waals surface area contributed by atoms with Crippen LogP contribution in [0.5, 0.6) is 0 Å². The molecular weight excluding hydrogens is 412 g/mol. The molecule has 5 nitrogen and oxygen atoms in total. The van der Waals surface area contributed by atoms with Crippen LogP contribution in [0.3, 0.4) is 0 Å². The van der Waals surface area contributed by atoms with E-state index in [0.29, 0.717) is 22.5 Å². The molecule has 5 heteroatoms. The molecule has 4 aromatic rings. The number of aromatic nitrogens is 1. The van der Waals surface area contributed by atoms with E-state index in [2.05, 4.69) is 34.6 Å². The third kappa shape index (κ3) is 3.53. The van der Waals surface area contributed by atoms with Crippen LogP contribution in [0.2, 0.25) is 0 Å². The molecular formula is C28H22N2O3. The number of aromatic carboxylic acids is 1. The number of aryl methyl sites for hydroxylation is 1. The minimum atomic E-state index is -0.986. The van der Waals surface area contributed by atoms with Gasteiger partial charge in [0, 0.05) is 22.6 Å². The number of carboxylic acid groups (broad SMARTS) is 1. The molecule has 0 spiro atoms. The monoisotopic (exact) mass is 434 g/mol. The number of carbonyl (C=O) groups excluding carboxylic acids is 1. The lowest BCUT2D eigenvalue weighted by Crippen LogP contribution is -2.03. The zero-order chi connectivity index (χ0) is 23.1. The highest BCUT2D eigenvalue weighted by molar-refractivity contribution is 6.36. The normalized spacial score (nSPS) is 13.8. The summed E-state index contributed by atoms with van der Waals surface area (Å²) in [5.74, 6) is -1.19. The number of H-pyrrole nitrogens is 1. The summed E-state index contributed by atoms with van der Waals surface area (Å²) in [7, 11) is 0.